The second-order valence-electron chi connectivity index (χ2n) is 6.72. The van der Waals surface area contributed by atoms with E-state index in [2.05, 4.69) is 15.3 Å². The SMILES string of the molecule is Cl.Cl.Cl.Nc1ccc(Cl)c(C(=O)c2sc(N(c3ccccc3)N3CCNCC3)nc2N)c1Cl. The van der Waals surface area contributed by atoms with Crippen LogP contribution in [-0.4, -0.2) is 42.0 Å². The summed E-state index contributed by atoms with van der Waals surface area (Å²) < 4.78 is 0. The summed E-state index contributed by atoms with van der Waals surface area (Å²) in [7, 11) is 0. The number of nitrogens with two attached hydrogens (primary N) is 2. The Morgan fingerprint density at radius 2 is 1.67 bits per heavy atom. The fourth-order valence-corrected chi connectivity index (χ4v) is 4.80. The summed E-state index contributed by atoms with van der Waals surface area (Å²) in [5, 5.41) is 8.45. The number of halogens is 5. The maximum Gasteiger partial charge on any atom is 0.209 e. The average Bonchev–Trinajstić information content (AvgIpc) is 3.14. The number of piperazine rings is 1. The molecule has 0 spiro atoms. The van der Waals surface area contributed by atoms with Gasteiger partial charge in [-0.05, 0) is 24.3 Å². The first kappa shape index (κ1) is 29.5. The quantitative estimate of drug-likeness (QED) is 0.290. The summed E-state index contributed by atoms with van der Waals surface area (Å²) in [6.07, 6.45) is 0. The third-order valence-electron chi connectivity index (χ3n) is 4.75. The van der Waals surface area contributed by atoms with E-state index >= 15 is 0 Å². The lowest BCUT2D eigenvalue weighted by molar-refractivity contribution is 0.104. The molecule has 0 unspecified atom stereocenters. The second kappa shape index (κ2) is 12.8. The Morgan fingerprint density at radius 3 is 2.30 bits per heavy atom. The molecule has 7 nitrogen and oxygen atoms in total. The summed E-state index contributed by atoms with van der Waals surface area (Å²) in [6, 6.07) is 13.0. The molecule has 0 bridgehead atoms. The van der Waals surface area contributed by atoms with E-state index in [0.717, 1.165) is 31.9 Å². The fourth-order valence-electron chi connectivity index (χ4n) is 3.28. The number of nitrogen functional groups attached to an aromatic ring is 2. The van der Waals surface area contributed by atoms with E-state index < -0.39 is 5.78 Å². The van der Waals surface area contributed by atoms with Crippen LogP contribution in [0.25, 0.3) is 0 Å². The first-order valence-corrected chi connectivity index (χ1v) is 10.9. The smallest absolute Gasteiger partial charge is 0.209 e. The summed E-state index contributed by atoms with van der Waals surface area (Å²) in [5.74, 6) is -0.266. The maximum absolute atomic E-state index is 13.2. The molecule has 1 aliphatic rings. The van der Waals surface area contributed by atoms with Crippen LogP contribution < -0.4 is 21.8 Å². The predicted octanol–water partition coefficient (Wildman–Crippen LogP) is 5.07. The van der Waals surface area contributed by atoms with E-state index in [1.165, 1.54) is 11.3 Å². The normalized spacial score (nSPS) is 13.3. The van der Waals surface area contributed by atoms with Crippen molar-refractivity contribution in [1.82, 2.24) is 15.3 Å². The number of thiazole rings is 1. The molecule has 0 aliphatic carbocycles. The number of hydrogen-bond donors (Lipinski definition) is 3. The zero-order valence-corrected chi connectivity index (χ0v) is 21.9. The van der Waals surface area contributed by atoms with Gasteiger partial charge in [0.05, 0.1) is 27.0 Å². The van der Waals surface area contributed by atoms with Gasteiger partial charge >= 0.3 is 0 Å². The number of hydrogen-bond acceptors (Lipinski definition) is 8. The monoisotopic (exact) mass is 570 g/mol. The predicted molar refractivity (Wildman–Crippen MR) is 146 cm³/mol. The Morgan fingerprint density at radius 1 is 1.03 bits per heavy atom. The molecule has 2 aromatic carbocycles. The minimum Gasteiger partial charge on any atom is -0.398 e. The van der Waals surface area contributed by atoms with Crippen LogP contribution in [0, 0.1) is 0 Å². The summed E-state index contributed by atoms with van der Waals surface area (Å²) in [4.78, 5) is 18.0. The molecule has 1 aromatic heterocycles. The van der Waals surface area contributed by atoms with E-state index in [1.807, 2.05) is 35.3 Å². The number of nitrogens with one attached hydrogen (secondary N) is 1. The van der Waals surface area contributed by atoms with E-state index in [0.29, 0.717) is 5.13 Å². The molecule has 1 aliphatic heterocycles. The Kier molecular flexibility index (Phi) is 11.5. The number of benzene rings is 2. The lowest BCUT2D eigenvalue weighted by Crippen LogP contribution is -2.50. The number of carbonyl (C=O) groups is 1. The zero-order valence-electron chi connectivity index (χ0n) is 17.2. The first-order chi connectivity index (χ1) is 14.5. The molecule has 0 radical (unpaired) electrons. The van der Waals surface area contributed by atoms with Gasteiger partial charge in [-0.1, -0.05) is 52.7 Å². The molecule has 33 heavy (non-hydrogen) atoms. The van der Waals surface area contributed by atoms with Crippen LogP contribution >= 0.6 is 71.8 Å². The summed E-state index contributed by atoms with van der Waals surface area (Å²) in [6.45, 7) is 3.30. The van der Waals surface area contributed by atoms with Crippen LogP contribution in [0.5, 0.6) is 0 Å². The molecule has 4 rings (SSSR count). The van der Waals surface area contributed by atoms with Crippen LogP contribution in [0.3, 0.4) is 0 Å². The van der Waals surface area contributed by atoms with Crippen molar-refractivity contribution in [1.29, 1.82) is 0 Å². The van der Waals surface area contributed by atoms with Crippen LogP contribution in [0.4, 0.5) is 22.3 Å². The van der Waals surface area contributed by atoms with Gasteiger partial charge in [-0.15, -0.1) is 37.2 Å². The largest absolute Gasteiger partial charge is 0.398 e. The molecule has 0 saturated carbocycles. The molecule has 2 heterocycles. The molecule has 0 amide bonds. The number of anilines is 4. The molecule has 13 heteroatoms. The van der Waals surface area contributed by atoms with E-state index in [9.17, 15) is 4.79 Å². The first-order valence-electron chi connectivity index (χ1n) is 9.32. The number of hydrazine groups is 1. The Labute approximate surface area is 224 Å². The van der Waals surface area contributed by atoms with Gasteiger partial charge in [0.15, 0.2) is 0 Å². The molecule has 1 saturated heterocycles. The lowest BCUT2D eigenvalue weighted by Gasteiger charge is -2.37. The van der Waals surface area contributed by atoms with Crippen molar-refractivity contribution in [3.8, 4) is 0 Å². The van der Waals surface area contributed by atoms with E-state index in [-0.39, 0.29) is 69.2 Å². The van der Waals surface area contributed by atoms with Crippen molar-refractivity contribution in [3.05, 3.63) is 63.0 Å². The maximum atomic E-state index is 13.2. The van der Waals surface area contributed by atoms with Crippen LogP contribution in [0.15, 0.2) is 42.5 Å². The average molecular weight is 573 g/mol. The van der Waals surface area contributed by atoms with Crippen molar-refractivity contribution >= 4 is 99.9 Å². The third-order valence-corrected chi connectivity index (χ3v) is 6.52. The molecule has 1 fully saturated rings. The van der Waals surface area contributed by atoms with E-state index in [1.54, 1.807) is 12.1 Å². The van der Waals surface area contributed by atoms with Gasteiger partial charge < -0.3 is 16.8 Å². The highest BCUT2D eigenvalue weighted by Crippen LogP contribution is 2.38. The summed E-state index contributed by atoms with van der Waals surface area (Å²) >= 11 is 13.7. The van der Waals surface area contributed by atoms with Gasteiger partial charge in [-0.25, -0.2) is 15.0 Å². The van der Waals surface area contributed by atoms with Crippen molar-refractivity contribution in [2.75, 3.05) is 42.7 Å². The number of rotatable bonds is 5. The molecular weight excluding hydrogens is 550 g/mol. The van der Waals surface area contributed by atoms with Crippen LogP contribution in [0.1, 0.15) is 15.2 Å². The highest BCUT2D eigenvalue weighted by Gasteiger charge is 2.28. The number of para-hydroxylation sites is 1. The molecular formula is C20H23Cl5N6OS. The number of ketones is 1. The van der Waals surface area contributed by atoms with Crippen molar-refractivity contribution in [2.45, 2.75) is 0 Å². The van der Waals surface area contributed by atoms with Gasteiger partial charge in [-0.2, -0.15) is 0 Å². The van der Waals surface area contributed by atoms with Gasteiger partial charge in [0.25, 0.3) is 0 Å². The highest BCUT2D eigenvalue weighted by molar-refractivity contribution is 7.18. The topological polar surface area (TPSA) is 101 Å². The molecule has 0 atom stereocenters. The van der Waals surface area contributed by atoms with E-state index in [4.69, 9.17) is 34.7 Å². The fraction of sp³-hybridized carbons (Fsp3) is 0.200. The Bertz CT molecular complexity index is 1080. The van der Waals surface area contributed by atoms with Crippen LogP contribution in [-0.2, 0) is 0 Å². The number of aromatic nitrogens is 1. The van der Waals surface area contributed by atoms with Gasteiger partial charge in [0.1, 0.15) is 10.7 Å². The van der Waals surface area contributed by atoms with Crippen molar-refractivity contribution < 1.29 is 4.79 Å². The zero-order chi connectivity index (χ0) is 21.3. The van der Waals surface area contributed by atoms with Crippen LogP contribution in [0.2, 0.25) is 10.0 Å². The minimum atomic E-state index is -0.396. The molecule has 3 aromatic rings. The Balaban J connectivity index is 0.00000181. The molecule has 5 N–H and O–H groups in total. The van der Waals surface area contributed by atoms with Gasteiger partial charge in [0.2, 0.25) is 10.9 Å². The van der Waals surface area contributed by atoms with Crippen molar-refractivity contribution in [3.63, 3.8) is 0 Å². The van der Waals surface area contributed by atoms with Gasteiger partial charge in [0, 0.05) is 26.2 Å². The van der Waals surface area contributed by atoms with Crippen molar-refractivity contribution in [2.24, 2.45) is 0 Å². The van der Waals surface area contributed by atoms with Gasteiger partial charge in [-0.3, -0.25) is 4.79 Å². The number of nitrogens with zero attached hydrogens (tertiary/aromatic N) is 3. The summed E-state index contributed by atoms with van der Waals surface area (Å²) in [5.41, 5.74) is 13.4. The second-order valence-corrected chi connectivity index (χ2v) is 8.48. The highest BCUT2D eigenvalue weighted by atomic mass is 35.5. The lowest BCUT2D eigenvalue weighted by atomic mass is 10.1. The minimum absolute atomic E-state index is 0. The molecule has 180 valence electrons. The Hall–Kier alpha value is -1.49. The third kappa shape index (κ3) is 6.15. The number of carbonyl (C=O) groups excluding carboxylic acids is 1. The standard InChI is InChI=1S/C20H20Cl2N6OS.3ClH/c21-13-6-7-14(23)16(22)15(13)17(29)18-19(24)26-20(30-18)28(12-4-2-1-3-5-12)27-10-8-25-9-11-27;;;/h1-7,25H,8-11,23-24H2;3*1H.